The molecule has 0 spiro atoms. The summed E-state index contributed by atoms with van der Waals surface area (Å²) < 4.78 is 0. The number of carbonyl (C=O) groups is 2. The van der Waals surface area contributed by atoms with Gasteiger partial charge in [-0.05, 0) is 49.4 Å². The molecule has 0 bridgehead atoms. The molecule has 0 saturated carbocycles. The largest absolute Gasteiger partial charge is 2.00 e. The van der Waals surface area contributed by atoms with Crippen molar-refractivity contribution in [2.24, 2.45) is 10.8 Å². The van der Waals surface area contributed by atoms with Gasteiger partial charge in [-0.1, -0.05) is 80.1 Å². The van der Waals surface area contributed by atoms with Crippen LogP contribution in [0.4, 0.5) is 0 Å². The van der Waals surface area contributed by atoms with Crippen LogP contribution in [0.15, 0.2) is 0 Å². The molecule has 0 heterocycles. The topological polar surface area (TPSA) is 80.3 Å². The minimum atomic E-state index is -0.921. The second-order valence-corrected chi connectivity index (χ2v) is 9.69. The molecule has 156 valence electrons. The minimum Gasteiger partial charge on any atom is -0.550 e. The molecule has 0 amide bonds. The van der Waals surface area contributed by atoms with Crippen LogP contribution in [-0.4, -0.2) is 49.7 Å². The first-order valence-corrected chi connectivity index (χ1v) is 10.2. The summed E-state index contributed by atoms with van der Waals surface area (Å²) in [4.78, 5) is 20.2. The fraction of sp³-hybridized carbons (Fsp3) is 0.909. The van der Waals surface area contributed by atoms with Crippen molar-refractivity contribution in [3.05, 3.63) is 0 Å². The molecule has 0 radical (unpaired) electrons. The molecule has 0 unspecified atom stereocenters. The molecule has 27 heavy (non-hydrogen) atoms. The average molecular weight is 411 g/mol. The number of rotatable bonds is 12. The molecular weight excluding hydrogens is 368 g/mol. The van der Waals surface area contributed by atoms with Gasteiger partial charge in [-0.2, -0.15) is 0 Å². The first kappa shape index (κ1) is 31.9. The maximum Gasteiger partial charge on any atom is 2.00 e. The summed E-state index contributed by atoms with van der Waals surface area (Å²) in [5, 5.41) is 20.2. The first-order valence-electron chi connectivity index (χ1n) is 10.2. The molecule has 4 nitrogen and oxygen atoms in total. The van der Waals surface area contributed by atoms with Crippen molar-refractivity contribution in [3.63, 3.8) is 0 Å². The standard InChI is InChI=1S/2C11H22O2.Ca/c2*1-11(2,3)9-7-5-4-6-8-10(12)13;/h2*4-9H2,1-3H3,(H,12,13);/q;;+2/p-2. The summed E-state index contributed by atoms with van der Waals surface area (Å²) in [6, 6.07) is 0. The number of carboxylic acid groups (broad SMARTS) is 2. The van der Waals surface area contributed by atoms with Crippen LogP contribution >= 0.6 is 0 Å². The third kappa shape index (κ3) is 37.6. The Hall–Kier alpha value is 0.200. The van der Waals surface area contributed by atoms with Crippen LogP contribution in [0.3, 0.4) is 0 Å². The molecule has 0 aliphatic carbocycles. The normalized spacial score (nSPS) is 11.2. The molecule has 0 fully saturated rings. The zero-order valence-electron chi connectivity index (χ0n) is 18.8. The Balaban J connectivity index is -0.000000411. The van der Waals surface area contributed by atoms with Crippen molar-refractivity contribution in [2.75, 3.05) is 0 Å². The molecule has 0 N–H and O–H groups in total. The minimum absolute atomic E-state index is 0. The number of carbonyl (C=O) groups excluding carboxylic acids is 2. The van der Waals surface area contributed by atoms with Gasteiger partial charge in [0.25, 0.3) is 0 Å². The zero-order valence-corrected chi connectivity index (χ0v) is 21.0. The molecule has 0 saturated heterocycles. The summed E-state index contributed by atoms with van der Waals surface area (Å²) in [7, 11) is 0. The van der Waals surface area contributed by atoms with E-state index in [-0.39, 0.29) is 50.6 Å². The van der Waals surface area contributed by atoms with E-state index < -0.39 is 11.9 Å². The van der Waals surface area contributed by atoms with Crippen LogP contribution in [0.2, 0.25) is 0 Å². The van der Waals surface area contributed by atoms with Crippen LogP contribution in [-0.2, 0) is 9.59 Å². The van der Waals surface area contributed by atoms with Gasteiger partial charge in [-0.3, -0.25) is 0 Å². The number of unbranched alkanes of at least 4 members (excludes halogenated alkanes) is 6. The van der Waals surface area contributed by atoms with Crippen LogP contribution in [0.5, 0.6) is 0 Å². The Morgan fingerprint density at radius 1 is 0.556 bits per heavy atom. The smallest absolute Gasteiger partial charge is 0.550 e. The van der Waals surface area contributed by atoms with Gasteiger partial charge in [0.1, 0.15) is 0 Å². The van der Waals surface area contributed by atoms with Crippen LogP contribution in [0.25, 0.3) is 0 Å². The van der Waals surface area contributed by atoms with Gasteiger partial charge in [-0.25, -0.2) is 0 Å². The number of aliphatic carboxylic acids is 2. The molecule has 0 rings (SSSR count). The van der Waals surface area contributed by atoms with Gasteiger partial charge in [0.05, 0.1) is 0 Å². The maximum atomic E-state index is 10.1. The SMILES string of the molecule is CC(C)(C)CCCCCCC(=O)[O-].CC(C)(C)CCCCCCC(=O)[O-].[Ca+2]. The molecule has 0 aliphatic rings. The van der Waals surface area contributed by atoms with E-state index in [1.54, 1.807) is 0 Å². The molecule has 0 aromatic rings. The Kier molecular flexibility index (Phi) is 21.5. The Morgan fingerprint density at radius 2 is 0.815 bits per heavy atom. The third-order valence-electron chi connectivity index (χ3n) is 4.12. The van der Waals surface area contributed by atoms with Gasteiger partial charge >= 0.3 is 37.7 Å². The van der Waals surface area contributed by atoms with Crippen molar-refractivity contribution in [1.82, 2.24) is 0 Å². The maximum absolute atomic E-state index is 10.1. The molecule has 0 atom stereocenters. The average Bonchev–Trinajstić information content (AvgIpc) is 2.44. The Bertz CT molecular complexity index is 331. The number of hydrogen-bond acceptors (Lipinski definition) is 4. The van der Waals surface area contributed by atoms with E-state index in [1.807, 2.05) is 0 Å². The summed E-state index contributed by atoms with van der Waals surface area (Å²) in [5.74, 6) is -1.84. The van der Waals surface area contributed by atoms with E-state index in [9.17, 15) is 19.8 Å². The van der Waals surface area contributed by atoms with Gasteiger partial charge in [-0.15, -0.1) is 0 Å². The molecule has 0 aromatic heterocycles. The third-order valence-corrected chi connectivity index (χ3v) is 4.12. The van der Waals surface area contributed by atoms with E-state index in [0.717, 1.165) is 38.5 Å². The van der Waals surface area contributed by atoms with Gasteiger partial charge in [0.15, 0.2) is 0 Å². The summed E-state index contributed by atoms with van der Waals surface area (Å²) in [6.07, 6.45) is 11.1. The predicted molar refractivity (Wildman–Crippen MR) is 110 cm³/mol. The van der Waals surface area contributed by atoms with Gasteiger partial charge in [0.2, 0.25) is 0 Å². The van der Waals surface area contributed by atoms with E-state index in [4.69, 9.17) is 0 Å². The van der Waals surface area contributed by atoms with Crippen LogP contribution < -0.4 is 10.2 Å². The Labute approximate surface area is 197 Å². The number of hydrogen-bond donors (Lipinski definition) is 0. The second kappa shape index (κ2) is 18.2. The van der Waals surface area contributed by atoms with E-state index >= 15 is 0 Å². The van der Waals surface area contributed by atoms with Crippen LogP contribution in [0, 0.1) is 10.8 Å². The molecule has 0 aromatic carbocycles. The fourth-order valence-electron chi connectivity index (χ4n) is 2.56. The summed E-state index contributed by atoms with van der Waals surface area (Å²) >= 11 is 0. The number of carboxylic acids is 2. The van der Waals surface area contributed by atoms with Crippen molar-refractivity contribution in [3.8, 4) is 0 Å². The van der Waals surface area contributed by atoms with Gasteiger partial charge < -0.3 is 19.8 Å². The van der Waals surface area contributed by atoms with Gasteiger partial charge in [0, 0.05) is 11.9 Å². The monoisotopic (exact) mass is 410 g/mol. The van der Waals surface area contributed by atoms with Crippen LogP contribution in [0.1, 0.15) is 119 Å². The van der Waals surface area contributed by atoms with E-state index in [1.165, 1.54) is 25.7 Å². The zero-order chi connectivity index (χ0) is 20.6. The second-order valence-electron chi connectivity index (χ2n) is 9.69. The quantitative estimate of drug-likeness (QED) is 0.361. The molecule has 0 aliphatic heterocycles. The van der Waals surface area contributed by atoms with Crippen molar-refractivity contribution < 1.29 is 19.8 Å². The van der Waals surface area contributed by atoms with E-state index in [0.29, 0.717) is 10.8 Å². The summed E-state index contributed by atoms with van der Waals surface area (Å²) in [5.41, 5.74) is 0.822. The van der Waals surface area contributed by atoms with Crippen molar-refractivity contribution in [1.29, 1.82) is 0 Å². The van der Waals surface area contributed by atoms with Crippen molar-refractivity contribution in [2.45, 2.75) is 119 Å². The molecular formula is C22H42CaO4. The van der Waals surface area contributed by atoms with Crippen molar-refractivity contribution >= 4 is 49.7 Å². The summed E-state index contributed by atoms with van der Waals surface area (Å²) in [6.45, 7) is 13.4. The predicted octanol–water partition coefficient (Wildman–Crippen LogP) is 3.87. The first-order chi connectivity index (χ1) is 11.8. The molecule has 5 heteroatoms. The fourth-order valence-corrected chi connectivity index (χ4v) is 2.56. The van der Waals surface area contributed by atoms with E-state index in [2.05, 4.69) is 41.5 Å². The Morgan fingerprint density at radius 3 is 1.04 bits per heavy atom.